The Morgan fingerprint density at radius 1 is 1.21 bits per heavy atom. The monoisotopic (exact) mass is 197 g/mol. The van der Waals surface area contributed by atoms with Crippen molar-refractivity contribution in [2.24, 2.45) is 5.90 Å². The zero-order valence-corrected chi connectivity index (χ0v) is 8.45. The van der Waals surface area contributed by atoms with Crippen LogP contribution in [0.1, 0.15) is 11.1 Å². The first kappa shape index (κ1) is 11.0. The number of hydrogen-bond donors (Lipinski definition) is 1. The highest BCUT2D eigenvalue weighted by Crippen LogP contribution is 2.23. The summed E-state index contributed by atoms with van der Waals surface area (Å²) in [4.78, 5) is 4.60. The second-order valence-electron chi connectivity index (χ2n) is 2.84. The van der Waals surface area contributed by atoms with Crippen molar-refractivity contribution in [1.82, 2.24) is 0 Å². The topological polar surface area (TPSA) is 53.7 Å². The predicted molar refractivity (Wildman–Crippen MR) is 52.7 cm³/mol. The van der Waals surface area contributed by atoms with Gasteiger partial charge in [0.2, 0.25) is 0 Å². The molecule has 0 aliphatic rings. The molecule has 14 heavy (non-hydrogen) atoms. The largest absolute Gasteiger partial charge is 0.496 e. The normalized spacial score (nSPS) is 10.2. The molecular formula is C10H15NO3. The van der Waals surface area contributed by atoms with Crippen LogP contribution in [0.2, 0.25) is 0 Å². The minimum Gasteiger partial charge on any atom is -0.496 e. The zero-order valence-electron chi connectivity index (χ0n) is 8.45. The molecule has 0 radical (unpaired) electrons. The number of benzene rings is 1. The van der Waals surface area contributed by atoms with Gasteiger partial charge in [0.25, 0.3) is 0 Å². The Morgan fingerprint density at radius 2 is 2.00 bits per heavy atom. The van der Waals surface area contributed by atoms with E-state index in [0.717, 1.165) is 16.9 Å². The average Bonchev–Trinajstić information content (AvgIpc) is 2.21. The second kappa shape index (κ2) is 5.59. The summed E-state index contributed by atoms with van der Waals surface area (Å²) < 4.78 is 10.3. The Morgan fingerprint density at radius 3 is 2.57 bits per heavy atom. The lowest BCUT2D eigenvalue weighted by atomic mass is 10.1. The Balaban J connectivity index is 3.00. The number of hydrogen-bond acceptors (Lipinski definition) is 4. The number of nitrogens with two attached hydrogens (primary N) is 1. The van der Waals surface area contributed by atoms with Crippen LogP contribution in [-0.2, 0) is 22.8 Å². The van der Waals surface area contributed by atoms with Crippen molar-refractivity contribution in [3.8, 4) is 5.75 Å². The maximum absolute atomic E-state index is 5.21. The van der Waals surface area contributed by atoms with Gasteiger partial charge in [0.1, 0.15) is 5.75 Å². The standard InChI is InChI=1S/C10H15NO3/c1-12-7-9-8(6-14-11)4-3-5-10(9)13-2/h3-5H,6-7,11H2,1-2H3. The summed E-state index contributed by atoms with van der Waals surface area (Å²) in [6.07, 6.45) is 0. The van der Waals surface area contributed by atoms with Gasteiger partial charge in [0, 0.05) is 12.7 Å². The number of methoxy groups -OCH3 is 2. The van der Waals surface area contributed by atoms with E-state index >= 15 is 0 Å². The minimum atomic E-state index is 0.357. The first-order chi connectivity index (χ1) is 6.83. The van der Waals surface area contributed by atoms with Gasteiger partial charge in [-0.05, 0) is 11.6 Å². The first-order valence-electron chi connectivity index (χ1n) is 4.28. The van der Waals surface area contributed by atoms with Crippen molar-refractivity contribution in [2.45, 2.75) is 13.2 Å². The van der Waals surface area contributed by atoms with E-state index in [1.807, 2.05) is 18.2 Å². The second-order valence-corrected chi connectivity index (χ2v) is 2.84. The Labute approximate surface area is 83.5 Å². The molecule has 0 bridgehead atoms. The third-order valence-electron chi connectivity index (χ3n) is 1.98. The van der Waals surface area contributed by atoms with Crippen molar-refractivity contribution in [2.75, 3.05) is 14.2 Å². The van der Waals surface area contributed by atoms with E-state index in [0.29, 0.717) is 13.2 Å². The molecule has 0 saturated carbocycles. The van der Waals surface area contributed by atoms with E-state index in [1.54, 1.807) is 14.2 Å². The van der Waals surface area contributed by atoms with Gasteiger partial charge in [-0.15, -0.1) is 0 Å². The summed E-state index contributed by atoms with van der Waals surface area (Å²) in [7, 11) is 3.26. The molecule has 4 nitrogen and oxygen atoms in total. The van der Waals surface area contributed by atoms with Gasteiger partial charge in [0.15, 0.2) is 0 Å². The zero-order chi connectivity index (χ0) is 10.4. The molecule has 1 aromatic carbocycles. The highest BCUT2D eigenvalue weighted by molar-refractivity contribution is 5.39. The van der Waals surface area contributed by atoms with Crippen LogP contribution in [0, 0.1) is 0 Å². The van der Waals surface area contributed by atoms with Crippen molar-refractivity contribution >= 4 is 0 Å². The Bertz CT molecular complexity index is 289. The maximum atomic E-state index is 5.21. The summed E-state index contributed by atoms with van der Waals surface area (Å²) in [5, 5.41) is 0. The lowest BCUT2D eigenvalue weighted by molar-refractivity contribution is 0.120. The summed E-state index contributed by atoms with van der Waals surface area (Å²) in [5.41, 5.74) is 1.96. The molecule has 0 fully saturated rings. The van der Waals surface area contributed by atoms with Gasteiger partial charge in [-0.2, -0.15) is 0 Å². The molecule has 4 heteroatoms. The highest BCUT2D eigenvalue weighted by atomic mass is 16.6. The fraction of sp³-hybridized carbons (Fsp3) is 0.400. The van der Waals surface area contributed by atoms with Gasteiger partial charge >= 0.3 is 0 Å². The molecule has 2 N–H and O–H groups in total. The van der Waals surface area contributed by atoms with Crippen LogP contribution >= 0.6 is 0 Å². The smallest absolute Gasteiger partial charge is 0.124 e. The van der Waals surface area contributed by atoms with Crippen molar-refractivity contribution in [3.63, 3.8) is 0 Å². The molecule has 1 rings (SSSR count). The van der Waals surface area contributed by atoms with Crippen LogP contribution in [0.5, 0.6) is 5.75 Å². The molecule has 78 valence electrons. The lowest BCUT2D eigenvalue weighted by Crippen LogP contribution is -2.04. The molecule has 0 aromatic heterocycles. The summed E-state index contributed by atoms with van der Waals surface area (Å²) >= 11 is 0. The third kappa shape index (κ3) is 2.45. The molecular weight excluding hydrogens is 182 g/mol. The van der Waals surface area contributed by atoms with Gasteiger partial charge in [-0.1, -0.05) is 12.1 Å². The van der Waals surface area contributed by atoms with Crippen molar-refractivity contribution in [3.05, 3.63) is 29.3 Å². The van der Waals surface area contributed by atoms with E-state index in [4.69, 9.17) is 15.4 Å². The number of ether oxygens (including phenoxy) is 2. The molecule has 0 saturated heterocycles. The van der Waals surface area contributed by atoms with Crippen LogP contribution in [-0.4, -0.2) is 14.2 Å². The van der Waals surface area contributed by atoms with Crippen LogP contribution in [0.15, 0.2) is 18.2 Å². The van der Waals surface area contributed by atoms with Crippen LogP contribution in [0.4, 0.5) is 0 Å². The van der Waals surface area contributed by atoms with Crippen LogP contribution in [0.3, 0.4) is 0 Å². The van der Waals surface area contributed by atoms with Crippen LogP contribution in [0.25, 0.3) is 0 Å². The molecule has 0 spiro atoms. The maximum Gasteiger partial charge on any atom is 0.124 e. The Kier molecular flexibility index (Phi) is 4.39. The molecule has 0 aliphatic carbocycles. The van der Waals surface area contributed by atoms with Crippen LogP contribution < -0.4 is 10.6 Å². The van der Waals surface area contributed by atoms with E-state index in [-0.39, 0.29) is 0 Å². The fourth-order valence-corrected chi connectivity index (χ4v) is 1.34. The first-order valence-corrected chi connectivity index (χ1v) is 4.28. The van der Waals surface area contributed by atoms with Crippen molar-refractivity contribution < 1.29 is 14.3 Å². The van der Waals surface area contributed by atoms with E-state index in [1.165, 1.54) is 0 Å². The van der Waals surface area contributed by atoms with Crippen molar-refractivity contribution in [1.29, 1.82) is 0 Å². The van der Waals surface area contributed by atoms with E-state index < -0.39 is 0 Å². The van der Waals surface area contributed by atoms with Gasteiger partial charge in [-0.3, -0.25) is 4.84 Å². The van der Waals surface area contributed by atoms with Gasteiger partial charge < -0.3 is 9.47 Å². The lowest BCUT2D eigenvalue weighted by Gasteiger charge is -2.12. The Hall–Kier alpha value is -1.10. The third-order valence-corrected chi connectivity index (χ3v) is 1.98. The molecule has 1 aromatic rings. The molecule has 0 aliphatic heterocycles. The number of rotatable bonds is 5. The molecule has 0 atom stereocenters. The molecule has 0 unspecified atom stereocenters. The van der Waals surface area contributed by atoms with Gasteiger partial charge in [0.05, 0.1) is 20.3 Å². The van der Waals surface area contributed by atoms with E-state index in [9.17, 15) is 0 Å². The highest BCUT2D eigenvalue weighted by Gasteiger charge is 2.08. The molecule has 0 amide bonds. The van der Waals surface area contributed by atoms with Gasteiger partial charge in [-0.25, -0.2) is 5.90 Å². The quantitative estimate of drug-likeness (QED) is 0.721. The summed E-state index contributed by atoms with van der Waals surface area (Å²) in [5.74, 6) is 5.83. The average molecular weight is 197 g/mol. The SMILES string of the molecule is COCc1c(CON)cccc1OC. The van der Waals surface area contributed by atoms with E-state index in [2.05, 4.69) is 4.84 Å². The predicted octanol–water partition coefficient (Wildman–Crippen LogP) is 1.23. The summed E-state index contributed by atoms with van der Waals surface area (Å²) in [6, 6.07) is 5.71. The fourth-order valence-electron chi connectivity index (χ4n) is 1.34. The minimum absolute atomic E-state index is 0.357. The summed E-state index contributed by atoms with van der Waals surface area (Å²) in [6.45, 7) is 0.846. The molecule has 0 heterocycles.